The molecule has 0 atom stereocenters. The van der Waals surface area contributed by atoms with E-state index in [1.54, 1.807) is 6.07 Å². The summed E-state index contributed by atoms with van der Waals surface area (Å²) in [5, 5.41) is 11.7. The number of rotatable bonds is 2. The van der Waals surface area contributed by atoms with Crippen LogP contribution in [0.1, 0.15) is 10.4 Å². The average molecular weight is 306 g/mol. The van der Waals surface area contributed by atoms with E-state index in [1.165, 1.54) is 0 Å². The molecule has 4 heteroatoms. The molecule has 0 aromatic heterocycles. The Hall–Kier alpha value is -3.01. The van der Waals surface area contributed by atoms with Gasteiger partial charge in [0.05, 0.1) is 0 Å². The average Bonchev–Trinajstić information content (AvgIpc) is 2.60. The van der Waals surface area contributed by atoms with Crippen molar-refractivity contribution >= 4 is 16.7 Å². The predicted octanol–water partition coefficient (Wildman–Crippen LogP) is 3.98. The fourth-order valence-corrected chi connectivity index (χ4v) is 2.85. The van der Waals surface area contributed by atoms with E-state index in [4.69, 9.17) is 9.47 Å². The van der Waals surface area contributed by atoms with Crippen LogP contribution in [0.15, 0.2) is 54.6 Å². The second kappa shape index (κ2) is 5.32. The minimum Gasteiger partial charge on any atom is -0.486 e. The molecular weight excluding hydrogens is 292 g/mol. The number of benzene rings is 3. The zero-order valence-corrected chi connectivity index (χ0v) is 12.3. The molecule has 1 heterocycles. The van der Waals surface area contributed by atoms with Gasteiger partial charge in [0.1, 0.15) is 18.8 Å². The molecule has 114 valence electrons. The van der Waals surface area contributed by atoms with Crippen molar-refractivity contribution < 1.29 is 19.4 Å². The minimum absolute atomic E-state index is 0.130. The van der Waals surface area contributed by atoms with E-state index in [0.29, 0.717) is 24.7 Å². The Balaban J connectivity index is 1.90. The predicted molar refractivity (Wildman–Crippen MR) is 87.3 cm³/mol. The SMILES string of the molecule is O=C(O)c1cc(-c2ccc3ccccc3c2)cc2c1OCCO2. The van der Waals surface area contributed by atoms with Crippen LogP contribution in [-0.4, -0.2) is 24.3 Å². The van der Waals surface area contributed by atoms with Crippen LogP contribution in [0.25, 0.3) is 21.9 Å². The number of carboxylic acids is 1. The third-order valence-corrected chi connectivity index (χ3v) is 3.96. The van der Waals surface area contributed by atoms with Gasteiger partial charge in [-0.2, -0.15) is 0 Å². The number of carboxylic acid groups (broad SMARTS) is 1. The molecule has 0 saturated heterocycles. The van der Waals surface area contributed by atoms with E-state index in [-0.39, 0.29) is 5.56 Å². The monoisotopic (exact) mass is 306 g/mol. The molecule has 0 radical (unpaired) electrons. The van der Waals surface area contributed by atoms with Crippen molar-refractivity contribution in [3.8, 4) is 22.6 Å². The van der Waals surface area contributed by atoms with Gasteiger partial charge in [-0.1, -0.05) is 36.4 Å². The minimum atomic E-state index is -1.02. The topological polar surface area (TPSA) is 55.8 Å². The van der Waals surface area contributed by atoms with Crippen LogP contribution >= 0.6 is 0 Å². The second-order valence-electron chi connectivity index (χ2n) is 5.42. The maximum Gasteiger partial charge on any atom is 0.339 e. The van der Waals surface area contributed by atoms with Crippen molar-refractivity contribution in [3.05, 3.63) is 60.2 Å². The first-order valence-electron chi connectivity index (χ1n) is 7.38. The van der Waals surface area contributed by atoms with Crippen LogP contribution in [0.4, 0.5) is 0 Å². The van der Waals surface area contributed by atoms with Gasteiger partial charge in [0.25, 0.3) is 0 Å². The van der Waals surface area contributed by atoms with Gasteiger partial charge in [0.15, 0.2) is 11.5 Å². The Morgan fingerprint density at radius 3 is 2.48 bits per heavy atom. The number of fused-ring (bicyclic) bond motifs is 2. The zero-order chi connectivity index (χ0) is 15.8. The molecule has 0 amide bonds. The quantitative estimate of drug-likeness (QED) is 0.778. The highest BCUT2D eigenvalue weighted by Gasteiger charge is 2.22. The highest BCUT2D eigenvalue weighted by molar-refractivity contribution is 5.95. The van der Waals surface area contributed by atoms with Crippen molar-refractivity contribution in [3.63, 3.8) is 0 Å². The van der Waals surface area contributed by atoms with E-state index in [2.05, 4.69) is 0 Å². The summed E-state index contributed by atoms with van der Waals surface area (Å²) in [5.74, 6) is -0.220. The third-order valence-electron chi connectivity index (χ3n) is 3.96. The molecule has 0 aliphatic carbocycles. The molecule has 4 nitrogen and oxygen atoms in total. The van der Waals surface area contributed by atoms with Gasteiger partial charge in [-0.05, 0) is 40.1 Å². The summed E-state index contributed by atoms with van der Waals surface area (Å²) >= 11 is 0. The molecule has 1 N–H and O–H groups in total. The lowest BCUT2D eigenvalue weighted by atomic mass is 9.98. The molecular formula is C19H14O4. The van der Waals surface area contributed by atoms with E-state index in [1.807, 2.05) is 48.5 Å². The van der Waals surface area contributed by atoms with Crippen molar-refractivity contribution in [2.45, 2.75) is 0 Å². The molecule has 0 bridgehead atoms. The van der Waals surface area contributed by atoms with Crippen molar-refractivity contribution in [2.75, 3.05) is 13.2 Å². The first kappa shape index (κ1) is 13.6. The largest absolute Gasteiger partial charge is 0.486 e. The molecule has 3 aromatic rings. The van der Waals surface area contributed by atoms with Crippen LogP contribution in [0.5, 0.6) is 11.5 Å². The van der Waals surface area contributed by atoms with Gasteiger partial charge in [-0.15, -0.1) is 0 Å². The van der Waals surface area contributed by atoms with Gasteiger partial charge in [-0.3, -0.25) is 0 Å². The Kier molecular flexibility index (Phi) is 3.15. The Bertz CT molecular complexity index is 914. The van der Waals surface area contributed by atoms with Crippen LogP contribution in [0.2, 0.25) is 0 Å². The zero-order valence-electron chi connectivity index (χ0n) is 12.3. The third kappa shape index (κ3) is 2.38. The van der Waals surface area contributed by atoms with Gasteiger partial charge in [0.2, 0.25) is 0 Å². The molecule has 4 rings (SSSR count). The fourth-order valence-electron chi connectivity index (χ4n) is 2.85. The van der Waals surface area contributed by atoms with E-state index in [9.17, 15) is 9.90 Å². The smallest absolute Gasteiger partial charge is 0.339 e. The summed E-state index contributed by atoms with van der Waals surface area (Å²) in [6.07, 6.45) is 0. The Morgan fingerprint density at radius 1 is 0.870 bits per heavy atom. The lowest BCUT2D eigenvalue weighted by Gasteiger charge is -2.21. The summed E-state index contributed by atoms with van der Waals surface area (Å²) < 4.78 is 11.0. The number of carbonyl (C=O) groups is 1. The van der Waals surface area contributed by atoms with E-state index >= 15 is 0 Å². The van der Waals surface area contributed by atoms with E-state index in [0.717, 1.165) is 21.9 Å². The fraction of sp³-hybridized carbons (Fsp3) is 0.105. The summed E-state index contributed by atoms with van der Waals surface area (Å²) in [6.45, 7) is 0.788. The van der Waals surface area contributed by atoms with Gasteiger partial charge in [0, 0.05) is 0 Å². The molecule has 0 spiro atoms. The van der Waals surface area contributed by atoms with Crippen LogP contribution < -0.4 is 9.47 Å². The standard InChI is InChI=1S/C19H14O4/c20-19(21)16-10-15(11-17-18(16)23-8-7-22-17)14-6-5-12-3-1-2-4-13(12)9-14/h1-6,9-11H,7-8H2,(H,20,21). The number of hydrogen-bond donors (Lipinski definition) is 1. The first-order chi connectivity index (χ1) is 11.2. The van der Waals surface area contributed by atoms with E-state index < -0.39 is 5.97 Å². The van der Waals surface area contributed by atoms with Crippen molar-refractivity contribution in [1.29, 1.82) is 0 Å². The molecule has 0 unspecified atom stereocenters. The number of hydrogen-bond acceptors (Lipinski definition) is 3. The Morgan fingerprint density at radius 2 is 1.65 bits per heavy atom. The highest BCUT2D eigenvalue weighted by Crippen LogP contribution is 2.39. The van der Waals surface area contributed by atoms with Gasteiger partial charge >= 0.3 is 5.97 Å². The first-order valence-corrected chi connectivity index (χ1v) is 7.38. The summed E-state index contributed by atoms with van der Waals surface area (Å²) in [4.78, 5) is 11.5. The second-order valence-corrected chi connectivity index (χ2v) is 5.42. The molecule has 0 saturated carbocycles. The summed E-state index contributed by atoms with van der Waals surface area (Å²) in [7, 11) is 0. The van der Waals surface area contributed by atoms with Crippen LogP contribution in [-0.2, 0) is 0 Å². The molecule has 23 heavy (non-hydrogen) atoms. The molecule has 1 aliphatic rings. The maximum absolute atomic E-state index is 11.5. The highest BCUT2D eigenvalue weighted by atomic mass is 16.6. The molecule has 1 aliphatic heterocycles. The van der Waals surface area contributed by atoms with Crippen molar-refractivity contribution in [2.24, 2.45) is 0 Å². The Labute approximate surface area is 132 Å². The van der Waals surface area contributed by atoms with Gasteiger partial charge in [-0.25, -0.2) is 4.79 Å². The lowest BCUT2D eigenvalue weighted by molar-refractivity contribution is 0.0686. The molecule has 3 aromatic carbocycles. The van der Waals surface area contributed by atoms with Gasteiger partial charge < -0.3 is 14.6 Å². The molecule has 0 fully saturated rings. The normalized spacial score (nSPS) is 13.0. The maximum atomic E-state index is 11.5. The van der Waals surface area contributed by atoms with Crippen molar-refractivity contribution in [1.82, 2.24) is 0 Å². The number of ether oxygens (including phenoxy) is 2. The lowest BCUT2D eigenvalue weighted by Crippen LogP contribution is -2.18. The van der Waals surface area contributed by atoms with Crippen LogP contribution in [0.3, 0.4) is 0 Å². The number of aromatic carboxylic acids is 1. The summed E-state index contributed by atoms with van der Waals surface area (Å²) in [5.41, 5.74) is 1.88. The summed E-state index contributed by atoms with van der Waals surface area (Å²) in [6, 6.07) is 17.6. The van der Waals surface area contributed by atoms with Crippen LogP contribution in [0, 0.1) is 0 Å².